The number of hydrogen-bond acceptors (Lipinski definition) is 4. The lowest BCUT2D eigenvalue weighted by Crippen LogP contribution is -2.32. The van der Waals surface area contributed by atoms with Crippen molar-refractivity contribution in [3.8, 4) is 5.69 Å². The average Bonchev–Trinajstić information content (AvgIpc) is 3.28. The van der Waals surface area contributed by atoms with Crippen molar-refractivity contribution < 1.29 is 4.79 Å². The van der Waals surface area contributed by atoms with Gasteiger partial charge < -0.3 is 5.32 Å². The summed E-state index contributed by atoms with van der Waals surface area (Å²) in [6.45, 7) is 2.39. The summed E-state index contributed by atoms with van der Waals surface area (Å²) in [7, 11) is 1.96. The highest BCUT2D eigenvalue weighted by Crippen LogP contribution is 2.24. The van der Waals surface area contributed by atoms with E-state index in [0.29, 0.717) is 6.54 Å². The zero-order chi connectivity index (χ0) is 20.2. The summed E-state index contributed by atoms with van der Waals surface area (Å²) in [5.41, 5.74) is 2.93. The summed E-state index contributed by atoms with van der Waals surface area (Å²) in [6.07, 6.45) is 3.18. The SMILES string of the molecule is CC(c1ccc(-n2cncn2)cc1)N(C)CC(=O)Nc1cccc2ccccc12. The van der Waals surface area contributed by atoms with Crippen LogP contribution in [0.5, 0.6) is 0 Å². The molecule has 1 aromatic heterocycles. The number of nitrogens with zero attached hydrogens (tertiary/aromatic N) is 4. The van der Waals surface area contributed by atoms with Crippen LogP contribution in [0.3, 0.4) is 0 Å². The smallest absolute Gasteiger partial charge is 0.238 e. The molecule has 0 aliphatic carbocycles. The molecule has 1 N–H and O–H groups in total. The average molecular weight is 385 g/mol. The van der Waals surface area contributed by atoms with Gasteiger partial charge in [0.05, 0.1) is 12.2 Å². The summed E-state index contributed by atoms with van der Waals surface area (Å²) >= 11 is 0. The van der Waals surface area contributed by atoms with Crippen LogP contribution in [-0.2, 0) is 4.79 Å². The zero-order valence-electron chi connectivity index (χ0n) is 16.5. The molecule has 1 unspecified atom stereocenters. The number of carbonyl (C=O) groups excluding carboxylic acids is 1. The molecule has 4 rings (SSSR count). The summed E-state index contributed by atoms with van der Waals surface area (Å²) in [5.74, 6) is -0.0325. The number of fused-ring (bicyclic) bond motifs is 1. The number of rotatable bonds is 6. The van der Waals surface area contributed by atoms with E-state index >= 15 is 0 Å². The Morgan fingerprint density at radius 3 is 2.59 bits per heavy atom. The number of anilines is 1. The molecule has 0 bridgehead atoms. The Balaban J connectivity index is 1.41. The van der Waals surface area contributed by atoms with Crippen LogP contribution >= 0.6 is 0 Å². The highest BCUT2D eigenvalue weighted by Gasteiger charge is 2.16. The van der Waals surface area contributed by atoms with Crippen molar-refractivity contribution in [2.75, 3.05) is 18.9 Å². The number of nitrogens with one attached hydrogen (secondary N) is 1. The van der Waals surface area contributed by atoms with Crippen LogP contribution in [0.25, 0.3) is 16.5 Å². The number of likely N-dealkylation sites (N-methyl/N-ethyl adjacent to an activating group) is 1. The monoisotopic (exact) mass is 385 g/mol. The maximum Gasteiger partial charge on any atom is 0.238 e. The van der Waals surface area contributed by atoms with Crippen LogP contribution < -0.4 is 5.32 Å². The summed E-state index contributed by atoms with van der Waals surface area (Å²) in [6, 6.07) is 22.2. The summed E-state index contributed by atoms with van der Waals surface area (Å²) in [5, 5.41) is 9.34. The first-order valence-electron chi connectivity index (χ1n) is 9.54. The van der Waals surface area contributed by atoms with Gasteiger partial charge in [-0.3, -0.25) is 9.69 Å². The Labute approximate surface area is 169 Å². The van der Waals surface area contributed by atoms with Gasteiger partial charge in [0.1, 0.15) is 12.7 Å². The number of benzene rings is 3. The van der Waals surface area contributed by atoms with Gasteiger partial charge in [-0.1, -0.05) is 48.5 Å². The zero-order valence-corrected chi connectivity index (χ0v) is 16.5. The van der Waals surface area contributed by atoms with E-state index in [1.807, 2.05) is 66.5 Å². The van der Waals surface area contributed by atoms with E-state index in [1.165, 1.54) is 6.33 Å². The molecular weight excluding hydrogens is 362 g/mol. The molecule has 0 aliphatic heterocycles. The van der Waals surface area contributed by atoms with E-state index in [4.69, 9.17) is 0 Å². The third-order valence-electron chi connectivity index (χ3n) is 5.18. The Kier molecular flexibility index (Phi) is 5.35. The fourth-order valence-corrected chi connectivity index (χ4v) is 3.39. The maximum atomic E-state index is 12.6. The molecule has 0 fully saturated rings. The third kappa shape index (κ3) is 4.17. The molecule has 3 aromatic carbocycles. The molecule has 0 aliphatic rings. The van der Waals surface area contributed by atoms with E-state index in [2.05, 4.69) is 34.5 Å². The number of carbonyl (C=O) groups is 1. The van der Waals surface area contributed by atoms with E-state index in [-0.39, 0.29) is 11.9 Å². The minimum atomic E-state index is -0.0325. The van der Waals surface area contributed by atoms with Gasteiger partial charge in [0.2, 0.25) is 5.91 Å². The van der Waals surface area contributed by atoms with Gasteiger partial charge in [0, 0.05) is 17.1 Å². The molecule has 0 radical (unpaired) electrons. The predicted molar refractivity (Wildman–Crippen MR) is 115 cm³/mol. The minimum absolute atomic E-state index is 0.0325. The van der Waals surface area contributed by atoms with Crippen LogP contribution in [0.4, 0.5) is 5.69 Å². The van der Waals surface area contributed by atoms with Gasteiger partial charge in [-0.05, 0) is 43.1 Å². The lowest BCUT2D eigenvalue weighted by atomic mass is 10.1. The summed E-state index contributed by atoms with van der Waals surface area (Å²) < 4.78 is 1.72. The first-order chi connectivity index (χ1) is 14.1. The van der Waals surface area contributed by atoms with Gasteiger partial charge >= 0.3 is 0 Å². The second-order valence-corrected chi connectivity index (χ2v) is 7.10. The highest BCUT2D eigenvalue weighted by molar-refractivity contribution is 6.02. The minimum Gasteiger partial charge on any atom is -0.324 e. The van der Waals surface area contributed by atoms with Crippen molar-refractivity contribution >= 4 is 22.4 Å². The molecule has 146 valence electrons. The van der Waals surface area contributed by atoms with Crippen LogP contribution in [-0.4, -0.2) is 39.2 Å². The predicted octanol–water partition coefficient (Wildman–Crippen LogP) is 4.05. The topological polar surface area (TPSA) is 63.1 Å². The largest absolute Gasteiger partial charge is 0.324 e. The number of amides is 1. The van der Waals surface area contributed by atoms with Gasteiger partial charge in [-0.25, -0.2) is 9.67 Å². The Morgan fingerprint density at radius 1 is 1.07 bits per heavy atom. The quantitative estimate of drug-likeness (QED) is 0.544. The van der Waals surface area contributed by atoms with Crippen molar-refractivity contribution in [2.24, 2.45) is 0 Å². The van der Waals surface area contributed by atoms with Crippen LogP contribution in [0.2, 0.25) is 0 Å². The fraction of sp³-hybridized carbons (Fsp3) is 0.174. The second kappa shape index (κ2) is 8.24. The van der Waals surface area contributed by atoms with Gasteiger partial charge in [-0.2, -0.15) is 5.10 Å². The van der Waals surface area contributed by atoms with Crippen molar-refractivity contribution in [1.29, 1.82) is 0 Å². The fourth-order valence-electron chi connectivity index (χ4n) is 3.39. The molecule has 0 spiro atoms. The molecule has 29 heavy (non-hydrogen) atoms. The van der Waals surface area contributed by atoms with Crippen molar-refractivity contribution in [3.05, 3.63) is 84.9 Å². The van der Waals surface area contributed by atoms with Gasteiger partial charge in [-0.15, -0.1) is 0 Å². The third-order valence-corrected chi connectivity index (χ3v) is 5.18. The molecule has 4 aromatic rings. The van der Waals surface area contributed by atoms with Crippen LogP contribution in [0.1, 0.15) is 18.5 Å². The standard InChI is InChI=1S/C23H23N5O/c1-17(18-10-12-20(13-11-18)28-16-24-15-25-28)27(2)14-23(29)26-22-9-5-7-19-6-3-4-8-21(19)22/h3-13,15-17H,14H2,1-2H3,(H,26,29). The highest BCUT2D eigenvalue weighted by atomic mass is 16.2. The molecule has 1 atom stereocenters. The number of hydrogen-bond donors (Lipinski definition) is 1. The van der Waals surface area contributed by atoms with E-state index in [9.17, 15) is 4.79 Å². The normalized spacial score (nSPS) is 12.2. The lowest BCUT2D eigenvalue weighted by molar-refractivity contribution is -0.117. The van der Waals surface area contributed by atoms with E-state index in [1.54, 1.807) is 11.0 Å². The first-order valence-corrected chi connectivity index (χ1v) is 9.54. The van der Waals surface area contributed by atoms with E-state index < -0.39 is 0 Å². The van der Waals surface area contributed by atoms with Gasteiger partial charge in [0.25, 0.3) is 0 Å². The molecule has 0 saturated carbocycles. The number of aromatic nitrogens is 3. The van der Waals surface area contributed by atoms with Crippen molar-refractivity contribution in [2.45, 2.75) is 13.0 Å². The maximum absolute atomic E-state index is 12.6. The molecule has 1 heterocycles. The molecule has 6 nitrogen and oxygen atoms in total. The Bertz CT molecular complexity index is 1100. The van der Waals surface area contributed by atoms with Crippen LogP contribution in [0, 0.1) is 0 Å². The molecular formula is C23H23N5O. The van der Waals surface area contributed by atoms with Crippen molar-refractivity contribution in [3.63, 3.8) is 0 Å². The van der Waals surface area contributed by atoms with Crippen molar-refractivity contribution in [1.82, 2.24) is 19.7 Å². The molecule has 1 amide bonds. The molecule has 6 heteroatoms. The Hall–Kier alpha value is -3.51. The second-order valence-electron chi connectivity index (χ2n) is 7.10. The van der Waals surface area contributed by atoms with Crippen LogP contribution in [0.15, 0.2) is 79.4 Å². The van der Waals surface area contributed by atoms with Gasteiger partial charge in [0.15, 0.2) is 0 Å². The molecule has 0 saturated heterocycles. The lowest BCUT2D eigenvalue weighted by Gasteiger charge is -2.24. The van der Waals surface area contributed by atoms with E-state index in [0.717, 1.165) is 27.7 Å². The Morgan fingerprint density at radius 2 is 1.83 bits per heavy atom. The summed E-state index contributed by atoms with van der Waals surface area (Å²) in [4.78, 5) is 18.6. The first kappa shape index (κ1) is 18.8.